The first-order valence-corrected chi connectivity index (χ1v) is 16.8. The highest BCUT2D eigenvalue weighted by molar-refractivity contribution is 6.03. The van der Waals surface area contributed by atoms with Crippen LogP contribution in [0.3, 0.4) is 0 Å². The molecule has 0 bridgehead atoms. The number of carboxylic acid groups (broad SMARTS) is 1. The lowest BCUT2D eigenvalue weighted by Gasteiger charge is -2.34. The number of methoxy groups -OCH3 is 1. The number of aromatic amines is 1. The first kappa shape index (κ1) is 33.8. The number of amides is 1. The van der Waals surface area contributed by atoms with Gasteiger partial charge in [-0.25, -0.2) is 4.98 Å². The van der Waals surface area contributed by atoms with Crippen molar-refractivity contribution in [3.8, 4) is 11.3 Å². The van der Waals surface area contributed by atoms with E-state index in [0.717, 1.165) is 42.9 Å². The van der Waals surface area contributed by atoms with Crippen molar-refractivity contribution in [3.05, 3.63) is 58.7 Å². The molecular formula is C35H39F3N8O4. The molecule has 5 heterocycles. The molecule has 0 spiro atoms. The highest BCUT2D eigenvalue weighted by Gasteiger charge is 2.40. The minimum Gasteiger partial charge on any atom is -0.480 e. The highest BCUT2D eigenvalue weighted by atomic mass is 19.4. The molecule has 3 N–H and O–H groups in total. The van der Waals surface area contributed by atoms with E-state index >= 15 is 0 Å². The highest BCUT2D eigenvalue weighted by Crippen LogP contribution is 2.46. The number of pyridine rings is 3. The third-order valence-electron chi connectivity index (χ3n) is 10.0. The van der Waals surface area contributed by atoms with Gasteiger partial charge in [0, 0.05) is 63.1 Å². The van der Waals surface area contributed by atoms with Gasteiger partial charge in [0.05, 0.1) is 35.8 Å². The van der Waals surface area contributed by atoms with Gasteiger partial charge in [-0.15, -0.1) is 0 Å². The van der Waals surface area contributed by atoms with E-state index < -0.39 is 23.6 Å². The summed E-state index contributed by atoms with van der Waals surface area (Å²) in [4.78, 5) is 49.4. The number of hydrogen-bond donors (Lipinski definition) is 3. The molecule has 0 unspecified atom stereocenters. The van der Waals surface area contributed by atoms with E-state index in [1.807, 2.05) is 11.9 Å². The average Bonchev–Trinajstić information content (AvgIpc) is 3.69. The molecule has 0 atom stereocenters. The zero-order valence-corrected chi connectivity index (χ0v) is 27.9. The molecule has 4 aromatic heterocycles. The van der Waals surface area contributed by atoms with Crippen molar-refractivity contribution >= 4 is 34.7 Å². The van der Waals surface area contributed by atoms with E-state index in [1.165, 1.54) is 6.20 Å². The Morgan fingerprint density at radius 3 is 2.60 bits per heavy atom. The molecule has 2 aliphatic carbocycles. The fourth-order valence-corrected chi connectivity index (χ4v) is 7.49. The smallest absolute Gasteiger partial charge is 0.418 e. The summed E-state index contributed by atoms with van der Waals surface area (Å²) in [5, 5.41) is 11.9. The van der Waals surface area contributed by atoms with Crippen LogP contribution < -0.4 is 10.2 Å². The number of alkyl halides is 3. The molecule has 15 heteroatoms. The van der Waals surface area contributed by atoms with E-state index in [9.17, 15) is 22.8 Å². The number of rotatable bonds is 11. The summed E-state index contributed by atoms with van der Waals surface area (Å²) in [5.74, 6) is -1.48. The SMILES string of the molecule is COCC1(CN(C)c2cc(-c3cnc(C4CC4)c(C(F)(F)F)c3)nc3nc(NC(=O)c4cc5c(cn4)CN(CC(=O)O)CC5)[nH]c23)CCCC1. The molecule has 7 rings (SSSR count). The standard InChI is InChI=1S/C35H39F3N8O4/c1-45(18-34(19-50-2)8-3-4-9-34)27-13-25(22-11-24(35(36,37)38)29(40-14-22)20-5-6-20)41-31-30(27)42-33(43-31)44-32(49)26-12-21-7-10-46(17-28(47)48)16-23(21)15-39-26/h11-15,20H,3-10,16-19H2,1-2H3,(H,47,48)(H2,41,42,43,44,49). The zero-order chi connectivity index (χ0) is 35.2. The molecule has 2 fully saturated rings. The number of carbonyl (C=O) groups is 2. The van der Waals surface area contributed by atoms with Crippen LogP contribution in [-0.4, -0.2) is 87.2 Å². The number of aromatic nitrogens is 5. The molecule has 2 saturated carbocycles. The minimum absolute atomic E-state index is 0.0696. The van der Waals surface area contributed by atoms with Gasteiger partial charge < -0.3 is 19.7 Å². The normalized spacial score (nSPS) is 17.5. The summed E-state index contributed by atoms with van der Waals surface area (Å²) in [6, 6.07) is 4.57. The maximum atomic E-state index is 14.2. The number of hydrogen-bond acceptors (Lipinski definition) is 9. The van der Waals surface area contributed by atoms with E-state index in [-0.39, 0.29) is 52.1 Å². The predicted octanol–water partition coefficient (Wildman–Crippen LogP) is 5.65. The molecule has 0 saturated heterocycles. The van der Waals surface area contributed by atoms with Gasteiger partial charge in [0.15, 0.2) is 5.65 Å². The molecule has 0 radical (unpaired) electrons. The fraction of sp³-hybridized carbons (Fsp3) is 0.486. The van der Waals surface area contributed by atoms with Gasteiger partial charge in [0.1, 0.15) is 11.2 Å². The van der Waals surface area contributed by atoms with Gasteiger partial charge in [-0.3, -0.25) is 29.8 Å². The molecule has 50 heavy (non-hydrogen) atoms. The van der Waals surface area contributed by atoms with Crippen LogP contribution >= 0.6 is 0 Å². The Balaban J connectivity index is 1.22. The van der Waals surface area contributed by atoms with Crippen LogP contribution in [0.1, 0.15) is 77.3 Å². The zero-order valence-electron chi connectivity index (χ0n) is 27.9. The maximum absolute atomic E-state index is 14.2. The van der Waals surface area contributed by atoms with E-state index in [0.29, 0.717) is 56.7 Å². The molecule has 3 aliphatic rings. The Bertz CT molecular complexity index is 1940. The molecule has 264 valence electrons. The number of nitrogens with one attached hydrogen (secondary N) is 2. The number of carbonyl (C=O) groups excluding carboxylic acids is 1. The number of ether oxygens (including phenoxy) is 1. The van der Waals surface area contributed by atoms with Crippen LogP contribution in [0.15, 0.2) is 30.6 Å². The van der Waals surface area contributed by atoms with Crippen molar-refractivity contribution in [2.75, 3.05) is 50.6 Å². The van der Waals surface area contributed by atoms with Gasteiger partial charge in [-0.2, -0.15) is 18.2 Å². The second kappa shape index (κ2) is 13.2. The Kier molecular flexibility index (Phi) is 8.97. The summed E-state index contributed by atoms with van der Waals surface area (Å²) >= 11 is 0. The third-order valence-corrected chi connectivity index (χ3v) is 10.0. The predicted molar refractivity (Wildman–Crippen MR) is 179 cm³/mol. The van der Waals surface area contributed by atoms with Gasteiger partial charge in [0.25, 0.3) is 5.91 Å². The van der Waals surface area contributed by atoms with Crippen molar-refractivity contribution < 1.29 is 32.6 Å². The number of imidazole rings is 1. The van der Waals surface area contributed by atoms with Crippen LogP contribution in [0.2, 0.25) is 0 Å². The Morgan fingerprint density at radius 2 is 1.90 bits per heavy atom. The van der Waals surface area contributed by atoms with Crippen molar-refractivity contribution in [1.82, 2.24) is 29.8 Å². The number of H-pyrrole nitrogens is 1. The van der Waals surface area contributed by atoms with Gasteiger partial charge in [-0.05, 0) is 61.4 Å². The van der Waals surface area contributed by atoms with E-state index in [4.69, 9.17) is 9.84 Å². The quantitative estimate of drug-likeness (QED) is 0.180. The summed E-state index contributed by atoms with van der Waals surface area (Å²) in [7, 11) is 3.62. The van der Waals surface area contributed by atoms with Crippen molar-refractivity contribution in [1.29, 1.82) is 0 Å². The molecule has 0 aromatic carbocycles. The summed E-state index contributed by atoms with van der Waals surface area (Å²) in [6.45, 7) is 2.12. The third kappa shape index (κ3) is 7.01. The second-order valence-electron chi connectivity index (χ2n) is 13.9. The number of halogens is 3. The summed E-state index contributed by atoms with van der Waals surface area (Å²) in [6.07, 6.45) is 4.58. The maximum Gasteiger partial charge on any atom is 0.418 e. The van der Waals surface area contributed by atoms with Crippen LogP contribution in [-0.2, 0) is 28.7 Å². The average molecular weight is 693 g/mol. The van der Waals surface area contributed by atoms with Crippen molar-refractivity contribution in [2.45, 2.75) is 63.6 Å². The number of carboxylic acids is 1. The molecule has 12 nitrogen and oxygen atoms in total. The van der Waals surface area contributed by atoms with Gasteiger partial charge in [-0.1, -0.05) is 12.8 Å². The first-order chi connectivity index (χ1) is 23.9. The Hall–Kier alpha value is -4.63. The number of anilines is 2. The lowest BCUT2D eigenvalue weighted by atomic mass is 9.86. The number of fused-ring (bicyclic) bond motifs is 2. The monoisotopic (exact) mass is 692 g/mol. The lowest BCUT2D eigenvalue weighted by Crippen LogP contribution is -2.37. The molecule has 1 aliphatic heterocycles. The van der Waals surface area contributed by atoms with Crippen LogP contribution in [0, 0.1) is 5.41 Å². The van der Waals surface area contributed by atoms with Crippen molar-refractivity contribution in [3.63, 3.8) is 0 Å². The van der Waals surface area contributed by atoms with Crippen LogP contribution in [0.4, 0.5) is 24.8 Å². The number of aliphatic carboxylic acids is 1. The van der Waals surface area contributed by atoms with Gasteiger partial charge in [0.2, 0.25) is 5.95 Å². The van der Waals surface area contributed by atoms with Crippen LogP contribution in [0.25, 0.3) is 22.4 Å². The van der Waals surface area contributed by atoms with Crippen LogP contribution in [0.5, 0.6) is 0 Å². The lowest BCUT2D eigenvalue weighted by molar-refractivity contribution is -0.139. The summed E-state index contributed by atoms with van der Waals surface area (Å²) in [5.41, 5.74) is 3.11. The topological polar surface area (TPSA) is 149 Å². The van der Waals surface area contributed by atoms with Crippen molar-refractivity contribution in [2.24, 2.45) is 5.41 Å². The van der Waals surface area contributed by atoms with Gasteiger partial charge >= 0.3 is 12.1 Å². The second-order valence-corrected chi connectivity index (χ2v) is 13.9. The fourth-order valence-electron chi connectivity index (χ4n) is 7.49. The summed E-state index contributed by atoms with van der Waals surface area (Å²) < 4.78 is 48.2. The molecule has 1 amide bonds. The molecular weight excluding hydrogens is 653 g/mol. The minimum atomic E-state index is -4.56. The Morgan fingerprint density at radius 1 is 1.12 bits per heavy atom. The largest absolute Gasteiger partial charge is 0.480 e. The number of nitrogens with zero attached hydrogens (tertiary/aromatic N) is 6. The van der Waals surface area contributed by atoms with E-state index in [1.54, 1.807) is 25.4 Å². The van der Waals surface area contributed by atoms with E-state index in [2.05, 4.69) is 35.1 Å². The molecule has 4 aromatic rings. The first-order valence-electron chi connectivity index (χ1n) is 16.8. The Labute approximate surface area is 286 Å².